The van der Waals surface area contributed by atoms with Crippen molar-refractivity contribution in [2.24, 2.45) is 0 Å². The first-order valence-electron chi connectivity index (χ1n) is 5.41. The van der Waals surface area contributed by atoms with E-state index in [2.05, 4.69) is 11.1 Å². The van der Waals surface area contributed by atoms with E-state index in [4.69, 9.17) is 11.5 Å². The summed E-state index contributed by atoms with van der Waals surface area (Å²) in [6, 6.07) is 13.7. The van der Waals surface area contributed by atoms with Crippen molar-refractivity contribution in [2.45, 2.75) is 9.24 Å². The predicted molar refractivity (Wildman–Crippen MR) is 79.0 cm³/mol. The molecular formula is C13H11N3S2. The zero-order chi connectivity index (χ0) is 12.5. The summed E-state index contributed by atoms with van der Waals surface area (Å²) in [5.74, 6) is 0. The summed E-state index contributed by atoms with van der Waals surface area (Å²) >= 11 is 3.25. The first-order valence-corrected chi connectivity index (χ1v) is 7.04. The zero-order valence-electron chi connectivity index (χ0n) is 9.46. The topological polar surface area (TPSA) is 64.9 Å². The standard InChI is InChI=1S/C13H11N3S2/c14-8-5-6-11(9(15)7-8)17-13-16-10-3-1-2-4-12(10)18-13/h1-7H,14-15H2. The van der Waals surface area contributed by atoms with Crippen molar-refractivity contribution in [1.82, 2.24) is 4.98 Å². The van der Waals surface area contributed by atoms with Crippen molar-refractivity contribution in [1.29, 1.82) is 0 Å². The number of nitrogen functional groups attached to an aromatic ring is 2. The van der Waals surface area contributed by atoms with Gasteiger partial charge in [0, 0.05) is 16.3 Å². The number of anilines is 2. The van der Waals surface area contributed by atoms with Gasteiger partial charge in [0.1, 0.15) is 0 Å². The molecule has 0 bridgehead atoms. The van der Waals surface area contributed by atoms with Crippen molar-refractivity contribution in [2.75, 3.05) is 11.5 Å². The van der Waals surface area contributed by atoms with Gasteiger partial charge < -0.3 is 11.5 Å². The Morgan fingerprint density at radius 3 is 2.67 bits per heavy atom. The van der Waals surface area contributed by atoms with Gasteiger partial charge in [-0.25, -0.2) is 4.98 Å². The highest BCUT2D eigenvalue weighted by molar-refractivity contribution is 8.01. The Morgan fingerprint density at radius 2 is 1.89 bits per heavy atom. The van der Waals surface area contributed by atoms with Crippen molar-refractivity contribution >= 4 is 44.7 Å². The average Bonchev–Trinajstić information content (AvgIpc) is 2.75. The van der Waals surface area contributed by atoms with Crippen molar-refractivity contribution in [3.63, 3.8) is 0 Å². The first-order chi connectivity index (χ1) is 8.72. The van der Waals surface area contributed by atoms with E-state index in [9.17, 15) is 0 Å². The van der Waals surface area contributed by atoms with Gasteiger partial charge >= 0.3 is 0 Å². The molecule has 0 radical (unpaired) electrons. The molecule has 1 heterocycles. The van der Waals surface area contributed by atoms with E-state index < -0.39 is 0 Å². The monoisotopic (exact) mass is 273 g/mol. The second kappa shape index (κ2) is 4.51. The maximum absolute atomic E-state index is 5.94. The molecule has 0 unspecified atom stereocenters. The number of nitrogens with two attached hydrogens (primary N) is 2. The number of benzene rings is 2. The molecule has 0 aliphatic carbocycles. The van der Waals surface area contributed by atoms with Crippen LogP contribution in [-0.2, 0) is 0 Å². The van der Waals surface area contributed by atoms with Crippen molar-refractivity contribution in [3.8, 4) is 0 Å². The Kier molecular flexibility index (Phi) is 2.85. The van der Waals surface area contributed by atoms with Gasteiger partial charge in [0.25, 0.3) is 0 Å². The largest absolute Gasteiger partial charge is 0.399 e. The summed E-state index contributed by atoms with van der Waals surface area (Å²) in [5.41, 5.74) is 14.0. The van der Waals surface area contributed by atoms with E-state index in [0.717, 1.165) is 14.8 Å². The summed E-state index contributed by atoms with van der Waals surface area (Å²) in [5, 5.41) is 0. The number of hydrogen-bond donors (Lipinski definition) is 2. The van der Waals surface area contributed by atoms with Gasteiger partial charge in [0.15, 0.2) is 4.34 Å². The molecule has 0 saturated heterocycles. The molecule has 0 amide bonds. The van der Waals surface area contributed by atoms with Gasteiger partial charge in [-0.1, -0.05) is 23.9 Å². The number of hydrogen-bond acceptors (Lipinski definition) is 5. The molecule has 4 N–H and O–H groups in total. The van der Waals surface area contributed by atoms with Gasteiger partial charge in [-0.05, 0) is 30.3 Å². The third kappa shape index (κ3) is 2.14. The second-order valence-electron chi connectivity index (χ2n) is 3.85. The fraction of sp³-hybridized carbons (Fsp3) is 0. The van der Waals surface area contributed by atoms with Crippen molar-refractivity contribution < 1.29 is 0 Å². The maximum Gasteiger partial charge on any atom is 0.155 e. The van der Waals surface area contributed by atoms with E-state index in [-0.39, 0.29) is 0 Å². The summed E-state index contributed by atoms with van der Waals surface area (Å²) in [6.45, 7) is 0. The third-order valence-electron chi connectivity index (χ3n) is 2.51. The van der Waals surface area contributed by atoms with Crippen LogP contribution < -0.4 is 11.5 Å². The molecule has 2 aromatic carbocycles. The van der Waals surface area contributed by atoms with Crippen LogP contribution in [0, 0.1) is 0 Å². The summed E-state index contributed by atoms with van der Waals surface area (Å²) < 4.78 is 2.18. The molecule has 0 aliphatic rings. The summed E-state index contributed by atoms with van der Waals surface area (Å²) in [4.78, 5) is 5.56. The fourth-order valence-corrected chi connectivity index (χ4v) is 3.70. The molecular weight excluding hydrogens is 262 g/mol. The molecule has 0 fully saturated rings. The Labute approximate surface area is 113 Å². The quantitative estimate of drug-likeness (QED) is 0.700. The van der Waals surface area contributed by atoms with Crippen molar-refractivity contribution in [3.05, 3.63) is 42.5 Å². The minimum Gasteiger partial charge on any atom is -0.399 e. The Bertz CT molecular complexity index is 673. The normalized spacial score (nSPS) is 10.9. The molecule has 3 rings (SSSR count). The minimum atomic E-state index is 0.682. The van der Waals surface area contributed by atoms with Gasteiger partial charge in [-0.15, -0.1) is 11.3 Å². The number of aromatic nitrogens is 1. The third-order valence-corrected chi connectivity index (χ3v) is 4.69. The molecule has 0 atom stereocenters. The lowest BCUT2D eigenvalue weighted by molar-refractivity contribution is 1.29. The Morgan fingerprint density at radius 1 is 1.06 bits per heavy atom. The molecule has 0 saturated carbocycles. The summed E-state index contributed by atoms with van der Waals surface area (Å²) in [7, 11) is 0. The van der Waals surface area contributed by atoms with E-state index in [1.165, 1.54) is 4.70 Å². The molecule has 0 spiro atoms. The summed E-state index contributed by atoms with van der Waals surface area (Å²) in [6.07, 6.45) is 0. The van der Waals surface area contributed by atoms with Crippen LogP contribution in [0.2, 0.25) is 0 Å². The maximum atomic E-state index is 5.94. The van der Waals surface area contributed by atoms with E-state index in [1.807, 2.05) is 30.3 Å². The van der Waals surface area contributed by atoms with Crippen LogP contribution >= 0.6 is 23.1 Å². The smallest absolute Gasteiger partial charge is 0.155 e. The Balaban J connectivity index is 1.96. The molecule has 3 aromatic rings. The molecule has 18 heavy (non-hydrogen) atoms. The lowest BCUT2D eigenvalue weighted by Gasteiger charge is -2.03. The van der Waals surface area contributed by atoms with E-state index >= 15 is 0 Å². The van der Waals surface area contributed by atoms with Crippen LogP contribution in [0.4, 0.5) is 11.4 Å². The number of thiazole rings is 1. The van der Waals surface area contributed by atoms with Gasteiger partial charge in [-0.3, -0.25) is 0 Å². The number of rotatable bonds is 2. The SMILES string of the molecule is Nc1ccc(Sc2nc3ccccc3s2)c(N)c1. The highest BCUT2D eigenvalue weighted by Gasteiger charge is 2.07. The number of fused-ring (bicyclic) bond motifs is 1. The first kappa shape index (κ1) is 11.4. The van der Waals surface area contributed by atoms with Crippen LogP contribution in [-0.4, -0.2) is 4.98 Å². The van der Waals surface area contributed by atoms with Gasteiger partial charge in [0.05, 0.1) is 10.2 Å². The fourth-order valence-electron chi connectivity index (χ4n) is 1.65. The van der Waals surface area contributed by atoms with E-state index in [1.54, 1.807) is 29.2 Å². The predicted octanol–water partition coefficient (Wildman–Crippen LogP) is 3.61. The zero-order valence-corrected chi connectivity index (χ0v) is 11.1. The van der Waals surface area contributed by atoms with Gasteiger partial charge in [-0.2, -0.15) is 0 Å². The highest BCUT2D eigenvalue weighted by atomic mass is 32.2. The van der Waals surface area contributed by atoms with Crippen LogP contribution in [0.15, 0.2) is 51.7 Å². The molecule has 0 aliphatic heterocycles. The lowest BCUT2D eigenvalue weighted by Crippen LogP contribution is -1.91. The van der Waals surface area contributed by atoms with Crippen LogP contribution in [0.1, 0.15) is 0 Å². The van der Waals surface area contributed by atoms with E-state index in [0.29, 0.717) is 11.4 Å². The number of nitrogens with zero attached hydrogens (tertiary/aromatic N) is 1. The average molecular weight is 273 g/mol. The molecule has 1 aromatic heterocycles. The minimum absolute atomic E-state index is 0.682. The highest BCUT2D eigenvalue weighted by Crippen LogP contribution is 2.37. The molecule has 5 heteroatoms. The van der Waals surface area contributed by atoms with Crippen LogP contribution in [0.25, 0.3) is 10.2 Å². The number of para-hydroxylation sites is 1. The van der Waals surface area contributed by atoms with Gasteiger partial charge in [0.2, 0.25) is 0 Å². The molecule has 90 valence electrons. The molecule has 3 nitrogen and oxygen atoms in total. The van der Waals surface area contributed by atoms with Crippen LogP contribution in [0.5, 0.6) is 0 Å². The second-order valence-corrected chi connectivity index (χ2v) is 6.17. The van der Waals surface area contributed by atoms with Crippen LogP contribution in [0.3, 0.4) is 0 Å². The Hall–Kier alpha value is -1.72. The lowest BCUT2D eigenvalue weighted by atomic mass is 10.3.